The number of nitrogens with zero attached hydrogens (tertiary/aromatic N) is 2. The number of anilines is 1. The molecule has 1 heterocycles. The van der Waals surface area contributed by atoms with Gasteiger partial charge in [-0.1, -0.05) is 53.5 Å². The molecule has 1 aromatic heterocycles. The summed E-state index contributed by atoms with van der Waals surface area (Å²) < 4.78 is 0. The molecular weight excluding hydrogens is 471 g/mol. The fraction of sp³-hybridized carbons (Fsp3) is 0.160. The van der Waals surface area contributed by atoms with E-state index in [0.29, 0.717) is 12.2 Å². The van der Waals surface area contributed by atoms with Gasteiger partial charge in [0.2, 0.25) is 0 Å². The average Bonchev–Trinajstić information content (AvgIpc) is 3.20. The number of hydrogen-bond donors (Lipinski definition) is 4. The molecule has 1 unspecified atom stereocenters. The Morgan fingerprint density at radius 1 is 1.12 bits per heavy atom. The van der Waals surface area contributed by atoms with E-state index in [-0.39, 0.29) is 27.4 Å². The van der Waals surface area contributed by atoms with Crippen LogP contribution in [0.5, 0.6) is 0 Å². The molecule has 0 aliphatic heterocycles. The first kappa shape index (κ1) is 23.6. The van der Waals surface area contributed by atoms with Crippen molar-refractivity contribution in [3.63, 3.8) is 0 Å². The van der Waals surface area contributed by atoms with Gasteiger partial charge in [0.15, 0.2) is 0 Å². The molecular formula is C25H24Cl2N6O. The van der Waals surface area contributed by atoms with E-state index in [4.69, 9.17) is 34.0 Å². The summed E-state index contributed by atoms with van der Waals surface area (Å²) in [7, 11) is 0. The van der Waals surface area contributed by atoms with Crippen molar-refractivity contribution in [1.29, 1.82) is 0 Å². The molecule has 5 N–H and O–H groups in total. The van der Waals surface area contributed by atoms with Crippen LogP contribution in [0.2, 0.25) is 10.0 Å². The molecule has 1 amide bonds. The van der Waals surface area contributed by atoms with Crippen LogP contribution in [0.1, 0.15) is 38.8 Å². The predicted octanol–water partition coefficient (Wildman–Crippen LogP) is 5.36. The highest BCUT2D eigenvalue weighted by Gasteiger charge is 2.22. The number of fused-ring (bicyclic) bond motifs is 1. The molecule has 0 fully saturated rings. The van der Waals surface area contributed by atoms with Gasteiger partial charge in [-0.2, -0.15) is 5.10 Å². The van der Waals surface area contributed by atoms with Gasteiger partial charge in [-0.25, -0.2) is 4.98 Å². The lowest BCUT2D eigenvalue weighted by Gasteiger charge is -2.17. The number of imidazole rings is 1. The van der Waals surface area contributed by atoms with Gasteiger partial charge in [-0.05, 0) is 54.8 Å². The van der Waals surface area contributed by atoms with Crippen LogP contribution in [0.4, 0.5) is 5.69 Å². The van der Waals surface area contributed by atoms with Gasteiger partial charge in [0, 0.05) is 12.2 Å². The standard InChI is InChI=1S/C25H24Cl2N6O/c1-14-8-21-22(9-15(14)2)33-24(32-21)18(16-6-4-3-5-7-16)12-29-25(34)23-19(26)10-17(11-20(23)27)30-13-31-28/h3-11,13,18H,12,28H2,1-2H3,(H,29,34)(H,30,31)(H,32,33). The van der Waals surface area contributed by atoms with Crippen LogP contribution in [-0.2, 0) is 0 Å². The molecule has 34 heavy (non-hydrogen) atoms. The van der Waals surface area contributed by atoms with E-state index >= 15 is 0 Å². The van der Waals surface area contributed by atoms with Gasteiger partial charge in [-0.3, -0.25) is 4.79 Å². The zero-order valence-electron chi connectivity index (χ0n) is 18.7. The van der Waals surface area contributed by atoms with Crippen molar-refractivity contribution in [3.05, 3.63) is 92.7 Å². The van der Waals surface area contributed by atoms with Crippen molar-refractivity contribution < 1.29 is 4.79 Å². The van der Waals surface area contributed by atoms with Crippen molar-refractivity contribution in [2.45, 2.75) is 19.8 Å². The SMILES string of the molecule is Cc1cc2nc(C(CNC(=O)c3c(Cl)cc(N/C=N\N)cc3Cl)c3ccccc3)[nH]c2cc1C. The Morgan fingerprint density at radius 3 is 2.47 bits per heavy atom. The minimum atomic E-state index is -0.377. The number of rotatable bonds is 7. The third-order valence-corrected chi connectivity index (χ3v) is 6.29. The largest absolute Gasteiger partial charge is 0.351 e. The van der Waals surface area contributed by atoms with Gasteiger partial charge in [0.1, 0.15) is 12.2 Å². The molecule has 4 rings (SSSR count). The fourth-order valence-corrected chi connectivity index (χ4v) is 4.44. The molecule has 0 aliphatic rings. The summed E-state index contributed by atoms with van der Waals surface area (Å²) in [5, 5.41) is 9.59. The third kappa shape index (κ3) is 5.00. The number of aryl methyl sites for hydroxylation is 2. The van der Waals surface area contributed by atoms with Crippen LogP contribution in [0, 0.1) is 13.8 Å². The second-order valence-corrected chi connectivity index (χ2v) is 8.80. The molecule has 0 bridgehead atoms. The van der Waals surface area contributed by atoms with Gasteiger partial charge in [0.25, 0.3) is 5.91 Å². The molecule has 0 saturated heterocycles. The van der Waals surface area contributed by atoms with Gasteiger partial charge in [-0.15, -0.1) is 0 Å². The first-order valence-corrected chi connectivity index (χ1v) is 11.4. The monoisotopic (exact) mass is 494 g/mol. The number of hydrazone groups is 1. The maximum atomic E-state index is 13.1. The van der Waals surface area contributed by atoms with Gasteiger partial charge < -0.3 is 21.5 Å². The number of aromatic nitrogens is 2. The van der Waals surface area contributed by atoms with Crippen LogP contribution < -0.4 is 16.5 Å². The summed E-state index contributed by atoms with van der Waals surface area (Å²) >= 11 is 12.7. The highest BCUT2D eigenvalue weighted by molar-refractivity contribution is 6.40. The van der Waals surface area contributed by atoms with Crippen LogP contribution in [0.15, 0.2) is 59.7 Å². The zero-order chi connectivity index (χ0) is 24.2. The first-order chi connectivity index (χ1) is 16.4. The van der Waals surface area contributed by atoms with Crippen LogP contribution in [0.25, 0.3) is 11.0 Å². The number of aromatic amines is 1. The summed E-state index contributed by atoms with van der Waals surface area (Å²) in [6.45, 7) is 4.43. The van der Waals surface area contributed by atoms with Crippen molar-refractivity contribution >= 4 is 52.2 Å². The van der Waals surface area contributed by atoms with Crippen LogP contribution in [0.3, 0.4) is 0 Å². The Morgan fingerprint density at radius 2 is 1.79 bits per heavy atom. The van der Waals surface area contributed by atoms with Crippen molar-refractivity contribution in [3.8, 4) is 0 Å². The average molecular weight is 495 g/mol. The quantitative estimate of drug-likeness (QED) is 0.120. The number of nitrogens with one attached hydrogen (secondary N) is 3. The number of hydrogen-bond acceptors (Lipinski definition) is 4. The van der Waals surface area contributed by atoms with Crippen LogP contribution >= 0.6 is 23.2 Å². The fourth-order valence-electron chi connectivity index (χ4n) is 3.78. The Kier molecular flexibility index (Phi) is 7.05. The minimum absolute atomic E-state index is 0.196. The highest BCUT2D eigenvalue weighted by atomic mass is 35.5. The van der Waals surface area contributed by atoms with Gasteiger partial charge >= 0.3 is 0 Å². The molecule has 7 nitrogen and oxygen atoms in total. The van der Waals surface area contributed by atoms with E-state index < -0.39 is 0 Å². The smallest absolute Gasteiger partial charge is 0.254 e. The molecule has 9 heteroatoms. The second-order valence-electron chi connectivity index (χ2n) is 7.99. The number of halogens is 2. The molecule has 0 aliphatic carbocycles. The number of benzene rings is 3. The summed E-state index contributed by atoms with van der Waals surface area (Å²) in [4.78, 5) is 21.3. The summed E-state index contributed by atoms with van der Waals surface area (Å²) in [6, 6.07) is 17.2. The lowest BCUT2D eigenvalue weighted by atomic mass is 9.98. The van der Waals surface area contributed by atoms with E-state index in [0.717, 1.165) is 22.4 Å². The second kappa shape index (κ2) is 10.2. The molecule has 1 atom stereocenters. The topological polar surface area (TPSA) is 108 Å². The molecule has 0 saturated carbocycles. The predicted molar refractivity (Wildman–Crippen MR) is 139 cm³/mol. The third-order valence-electron chi connectivity index (χ3n) is 5.69. The molecule has 174 valence electrons. The van der Waals surface area contributed by atoms with E-state index in [1.807, 2.05) is 30.3 Å². The number of amides is 1. The lowest BCUT2D eigenvalue weighted by Crippen LogP contribution is -2.30. The van der Waals surface area contributed by atoms with Crippen molar-refractivity contribution in [1.82, 2.24) is 15.3 Å². The number of nitrogens with two attached hydrogens (primary N) is 1. The van der Waals surface area contributed by atoms with E-state index in [9.17, 15) is 4.79 Å². The lowest BCUT2D eigenvalue weighted by molar-refractivity contribution is 0.0952. The Labute approximate surface area is 207 Å². The Balaban J connectivity index is 1.62. The molecule has 0 spiro atoms. The number of H-pyrrole nitrogens is 1. The zero-order valence-corrected chi connectivity index (χ0v) is 20.2. The molecule has 0 radical (unpaired) electrons. The Bertz CT molecular complexity index is 1300. The normalized spacial score (nSPS) is 12.2. The van der Waals surface area contributed by atoms with Crippen LogP contribution in [-0.4, -0.2) is 28.8 Å². The van der Waals surface area contributed by atoms with Gasteiger partial charge in [0.05, 0.1) is 32.6 Å². The van der Waals surface area contributed by atoms with E-state index in [1.165, 1.54) is 17.5 Å². The summed E-state index contributed by atoms with van der Waals surface area (Å²) in [5.41, 5.74) is 5.99. The maximum absolute atomic E-state index is 13.1. The maximum Gasteiger partial charge on any atom is 0.254 e. The van der Waals surface area contributed by atoms with Crippen molar-refractivity contribution in [2.24, 2.45) is 10.9 Å². The van der Waals surface area contributed by atoms with E-state index in [1.54, 1.807) is 12.1 Å². The number of carbonyl (C=O) groups excluding carboxylic acids is 1. The number of carbonyl (C=O) groups is 1. The molecule has 3 aromatic carbocycles. The summed E-state index contributed by atoms with van der Waals surface area (Å²) in [5.74, 6) is 5.30. The highest BCUT2D eigenvalue weighted by Crippen LogP contribution is 2.30. The Hall–Kier alpha value is -3.55. The molecule has 4 aromatic rings. The van der Waals surface area contributed by atoms with E-state index in [2.05, 4.69) is 46.7 Å². The minimum Gasteiger partial charge on any atom is -0.351 e. The van der Waals surface area contributed by atoms with Crippen molar-refractivity contribution in [2.75, 3.05) is 11.9 Å². The first-order valence-electron chi connectivity index (χ1n) is 10.6. The summed E-state index contributed by atoms with van der Waals surface area (Å²) in [6.07, 6.45) is 1.29.